The Kier molecular flexibility index (Phi) is 16.6. The number of unbranched alkanes of at least 4 members (excludes halogenated alkanes) is 3. The predicted molar refractivity (Wildman–Crippen MR) is 169 cm³/mol. The fourth-order valence-electron chi connectivity index (χ4n) is 5.49. The molecule has 1 aromatic heterocycles. The van der Waals surface area contributed by atoms with E-state index in [1.54, 1.807) is 12.3 Å². The number of carbonyl (C=O) groups excluding carboxylic acids is 3. The third-order valence-corrected chi connectivity index (χ3v) is 9.15. The first-order valence-electron chi connectivity index (χ1n) is 16.3. The van der Waals surface area contributed by atoms with Crippen LogP contribution in [-0.4, -0.2) is 72.1 Å². The molecular weight excluding hydrogens is 552 g/mol. The minimum absolute atomic E-state index is 0.00946. The first-order chi connectivity index (χ1) is 20.2. The highest BCUT2D eigenvalue weighted by Crippen LogP contribution is 2.31. The molecule has 240 valence electrons. The Morgan fingerprint density at radius 2 is 1.86 bits per heavy atom. The fraction of sp³-hybridized carbons (Fsp3) is 0.812. The van der Waals surface area contributed by atoms with Crippen molar-refractivity contribution in [3.05, 3.63) is 16.1 Å². The number of amides is 2. The Hall–Kier alpha value is -2.04. The third-order valence-electron chi connectivity index (χ3n) is 8.21. The molecule has 0 bridgehead atoms. The summed E-state index contributed by atoms with van der Waals surface area (Å²) >= 11 is 1.38. The molecule has 2 rings (SSSR count). The van der Waals surface area contributed by atoms with Crippen LogP contribution in [0.2, 0.25) is 0 Å². The molecule has 2 heterocycles. The quantitative estimate of drug-likeness (QED) is 0.149. The number of thiazole rings is 1. The lowest BCUT2D eigenvalue weighted by atomic mass is 9.91. The molecule has 42 heavy (non-hydrogen) atoms. The summed E-state index contributed by atoms with van der Waals surface area (Å²) in [6.07, 6.45) is 8.00. The zero-order valence-corrected chi connectivity index (χ0v) is 27.9. The van der Waals surface area contributed by atoms with Crippen LogP contribution in [0.3, 0.4) is 0 Å². The number of piperidine rings is 1. The Balaban J connectivity index is 2.38. The topological polar surface area (TPSA) is 110 Å². The van der Waals surface area contributed by atoms with E-state index >= 15 is 0 Å². The van der Waals surface area contributed by atoms with Crippen molar-refractivity contribution in [2.75, 3.05) is 26.3 Å². The molecule has 9 nitrogen and oxygen atoms in total. The van der Waals surface area contributed by atoms with Crippen molar-refractivity contribution in [1.29, 1.82) is 0 Å². The second-order valence-electron chi connectivity index (χ2n) is 11.7. The van der Waals surface area contributed by atoms with E-state index in [-0.39, 0.29) is 54.1 Å². The van der Waals surface area contributed by atoms with Crippen LogP contribution >= 0.6 is 11.3 Å². The minimum atomic E-state index is -0.598. The van der Waals surface area contributed by atoms with E-state index in [4.69, 9.17) is 9.47 Å². The zero-order chi connectivity index (χ0) is 31.1. The molecule has 0 saturated carbocycles. The molecule has 0 spiro atoms. The average Bonchev–Trinajstić information content (AvgIpc) is 3.49. The van der Waals surface area contributed by atoms with Crippen LogP contribution in [0.5, 0.6) is 0 Å². The van der Waals surface area contributed by atoms with E-state index in [1.807, 2.05) is 18.7 Å². The van der Waals surface area contributed by atoms with Gasteiger partial charge in [-0.3, -0.25) is 9.59 Å². The number of nitrogens with zero attached hydrogens (tertiary/aromatic N) is 2. The Labute approximate surface area is 257 Å². The van der Waals surface area contributed by atoms with Gasteiger partial charge in [0.15, 0.2) is 5.69 Å². The first kappa shape index (κ1) is 36.2. The first-order valence-corrected chi connectivity index (χ1v) is 17.1. The Morgan fingerprint density at radius 1 is 1.10 bits per heavy atom. The molecule has 0 aromatic carbocycles. The van der Waals surface area contributed by atoms with Gasteiger partial charge in [-0.25, -0.2) is 9.78 Å². The molecule has 1 saturated heterocycles. The highest BCUT2D eigenvalue weighted by atomic mass is 32.1. The van der Waals surface area contributed by atoms with Crippen LogP contribution in [0.1, 0.15) is 128 Å². The van der Waals surface area contributed by atoms with Gasteiger partial charge in [-0.05, 0) is 51.5 Å². The fourth-order valence-corrected chi connectivity index (χ4v) is 6.34. The van der Waals surface area contributed by atoms with Gasteiger partial charge in [0.05, 0.1) is 12.6 Å². The van der Waals surface area contributed by atoms with Crippen LogP contribution in [-0.2, 0) is 19.1 Å². The Morgan fingerprint density at radius 3 is 2.45 bits per heavy atom. The van der Waals surface area contributed by atoms with Gasteiger partial charge in [-0.2, -0.15) is 0 Å². The van der Waals surface area contributed by atoms with Crippen LogP contribution in [0.25, 0.3) is 0 Å². The van der Waals surface area contributed by atoms with Crippen LogP contribution in [0.15, 0.2) is 5.38 Å². The lowest BCUT2D eigenvalue weighted by Crippen LogP contribution is -2.58. The Bertz CT molecular complexity index is 949. The number of nitrogens with one attached hydrogen (secondary N) is 2. The average molecular weight is 609 g/mol. The second-order valence-corrected chi connectivity index (χ2v) is 12.6. The van der Waals surface area contributed by atoms with E-state index in [0.717, 1.165) is 57.9 Å². The minimum Gasteiger partial charge on any atom is -0.461 e. The van der Waals surface area contributed by atoms with Crippen LogP contribution in [0.4, 0.5) is 0 Å². The number of hydrogen-bond donors (Lipinski definition) is 2. The molecule has 1 unspecified atom stereocenters. The van der Waals surface area contributed by atoms with Crippen molar-refractivity contribution in [3.63, 3.8) is 0 Å². The van der Waals surface area contributed by atoms with Crippen molar-refractivity contribution in [1.82, 2.24) is 20.5 Å². The lowest BCUT2D eigenvalue weighted by molar-refractivity contribution is -0.142. The van der Waals surface area contributed by atoms with Gasteiger partial charge in [0.2, 0.25) is 11.8 Å². The molecule has 5 atom stereocenters. The monoisotopic (exact) mass is 608 g/mol. The van der Waals surface area contributed by atoms with Crippen LogP contribution in [0, 0.1) is 11.8 Å². The normalized spacial score (nSPS) is 18.2. The molecular formula is C32H56N4O5S. The number of carbonyl (C=O) groups is 3. The summed E-state index contributed by atoms with van der Waals surface area (Å²) < 4.78 is 11.3. The summed E-state index contributed by atoms with van der Waals surface area (Å²) in [5.74, 6) is -0.416. The number of hydrogen-bond acceptors (Lipinski definition) is 8. The maximum atomic E-state index is 14.5. The van der Waals surface area contributed by atoms with Gasteiger partial charge in [0.25, 0.3) is 0 Å². The SMILES string of the molecule is CCCCCCN(C(=O)[C@@H](NC(=O)C1CCCCN1)[C@@H](C)CC)[C@H](C[C@@H](OCC)c1nc(C(=O)OCC)cs1)C(C)C. The maximum Gasteiger partial charge on any atom is 0.357 e. The summed E-state index contributed by atoms with van der Waals surface area (Å²) in [6, 6.07) is -0.987. The van der Waals surface area contributed by atoms with Crippen molar-refractivity contribution < 1.29 is 23.9 Å². The highest BCUT2D eigenvalue weighted by molar-refractivity contribution is 7.09. The third kappa shape index (κ3) is 10.9. The highest BCUT2D eigenvalue weighted by Gasteiger charge is 2.37. The van der Waals surface area contributed by atoms with E-state index in [9.17, 15) is 14.4 Å². The van der Waals surface area contributed by atoms with E-state index in [1.165, 1.54) is 11.3 Å². The summed E-state index contributed by atoms with van der Waals surface area (Å²) in [5.41, 5.74) is 0.283. The predicted octanol–water partition coefficient (Wildman–Crippen LogP) is 5.89. The van der Waals surface area contributed by atoms with Gasteiger partial charge in [0.1, 0.15) is 17.2 Å². The molecule has 1 aliphatic rings. The molecule has 2 amide bonds. The molecule has 0 aliphatic carbocycles. The second kappa shape index (κ2) is 19.3. The maximum absolute atomic E-state index is 14.5. The number of rotatable bonds is 19. The largest absolute Gasteiger partial charge is 0.461 e. The number of esters is 1. The summed E-state index contributed by atoms with van der Waals surface area (Å²) in [7, 11) is 0. The molecule has 1 aliphatic heterocycles. The molecule has 1 fully saturated rings. The van der Waals surface area contributed by atoms with Crippen molar-refractivity contribution in [2.45, 2.75) is 130 Å². The van der Waals surface area contributed by atoms with Gasteiger partial charge >= 0.3 is 5.97 Å². The van der Waals surface area contributed by atoms with Crippen molar-refractivity contribution >= 4 is 29.1 Å². The summed E-state index contributed by atoms with van der Waals surface area (Å²) in [6.45, 7) is 16.5. The standard InChI is InChI=1S/C32H56N4O5S/c1-8-12-13-16-19-36(31(38)28(23(7)9-2)35-29(37)24-17-14-15-18-33-24)26(22(5)6)20-27(40-10-3)30-34-25(21-42-30)32(39)41-11-4/h21-24,26-28,33H,8-20H2,1-7H3,(H,35,37)/t23-,24?,26+,27+,28-/m0/s1. The zero-order valence-electron chi connectivity index (χ0n) is 27.1. The molecule has 1 aromatic rings. The van der Waals surface area contributed by atoms with Gasteiger partial charge in [-0.1, -0.05) is 66.7 Å². The smallest absolute Gasteiger partial charge is 0.357 e. The number of aromatic nitrogens is 1. The van der Waals surface area contributed by atoms with Crippen molar-refractivity contribution in [2.24, 2.45) is 11.8 Å². The van der Waals surface area contributed by atoms with Gasteiger partial charge < -0.3 is 25.0 Å². The molecule has 2 N–H and O–H groups in total. The molecule has 0 radical (unpaired) electrons. The van der Waals surface area contributed by atoms with Crippen LogP contribution < -0.4 is 10.6 Å². The number of ether oxygens (including phenoxy) is 2. The van der Waals surface area contributed by atoms with Crippen molar-refractivity contribution in [3.8, 4) is 0 Å². The summed E-state index contributed by atoms with van der Waals surface area (Å²) in [5, 5.41) is 8.91. The van der Waals surface area contributed by atoms with E-state index in [0.29, 0.717) is 24.6 Å². The van der Waals surface area contributed by atoms with Gasteiger partial charge in [0, 0.05) is 31.0 Å². The summed E-state index contributed by atoms with van der Waals surface area (Å²) in [4.78, 5) is 46.7. The molecule has 10 heteroatoms. The van der Waals surface area contributed by atoms with E-state index < -0.39 is 12.0 Å². The van der Waals surface area contributed by atoms with Gasteiger partial charge in [-0.15, -0.1) is 11.3 Å². The van der Waals surface area contributed by atoms with E-state index in [2.05, 4.69) is 43.3 Å². The lowest BCUT2D eigenvalue weighted by Gasteiger charge is -2.40.